The molecule has 0 aromatic heterocycles. The summed E-state index contributed by atoms with van der Waals surface area (Å²) in [4.78, 5) is 35.6. The van der Waals surface area contributed by atoms with Crippen molar-refractivity contribution in [2.45, 2.75) is 27.2 Å². The lowest BCUT2D eigenvalue weighted by molar-refractivity contribution is -0.117. The molecule has 2 aromatic carbocycles. The van der Waals surface area contributed by atoms with Gasteiger partial charge in [0, 0.05) is 17.8 Å². The minimum atomic E-state index is -1.09. The summed E-state index contributed by atoms with van der Waals surface area (Å²) >= 11 is 6.11. The van der Waals surface area contributed by atoms with Gasteiger partial charge in [-0.25, -0.2) is 4.79 Å². The lowest BCUT2D eigenvalue weighted by Crippen LogP contribution is -2.20. The van der Waals surface area contributed by atoms with E-state index in [0.29, 0.717) is 17.8 Å². The molecular weight excluding hydrogens is 368 g/mol. The number of carbonyl (C=O) groups is 3. The summed E-state index contributed by atoms with van der Waals surface area (Å²) in [6.45, 7) is 5.87. The second kappa shape index (κ2) is 8.22. The normalized spacial score (nSPS) is 11.0. The largest absolute Gasteiger partial charge is 0.478 e. The van der Waals surface area contributed by atoms with E-state index in [1.807, 2.05) is 20.8 Å². The van der Waals surface area contributed by atoms with Crippen LogP contribution in [0.2, 0.25) is 5.02 Å². The fraction of sp³-hybridized carbons (Fsp3) is 0.250. The van der Waals surface area contributed by atoms with Gasteiger partial charge in [-0.2, -0.15) is 0 Å². The third-order valence-corrected chi connectivity index (χ3v) is 3.88. The molecule has 0 heterocycles. The molecular formula is C20H21ClN2O4. The van der Waals surface area contributed by atoms with Crippen molar-refractivity contribution in [3.63, 3.8) is 0 Å². The van der Waals surface area contributed by atoms with Crippen molar-refractivity contribution >= 4 is 40.8 Å². The first-order chi connectivity index (χ1) is 12.5. The van der Waals surface area contributed by atoms with Gasteiger partial charge >= 0.3 is 5.97 Å². The topological polar surface area (TPSA) is 95.5 Å². The second-order valence-corrected chi connectivity index (χ2v) is 7.73. The lowest BCUT2D eigenvalue weighted by Gasteiger charge is -2.17. The van der Waals surface area contributed by atoms with Crippen molar-refractivity contribution in [2.75, 3.05) is 10.6 Å². The summed E-state index contributed by atoms with van der Waals surface area (Å²) in [6, 6.07) is 10.5. The van der Waals surface area contributed by atoms with Crippen molar-refractivity contribution in [1.29, 1.82) is 0 Å². The smallest absolute Gasteiger partial charge is 0.335 e. The van der Waals surface area contributed by atoms with Gasteiger partial charge in [-0.3, -0.25) is 9.59 Å². The van der Waals surface area contributed by atoms with Crippen molar-refractivity contribution in [3.8, 4) is 0 Å². The number of carboxylic acids is 1. The monoisotopic (exact) mass is 388 g/mol. The summed E-state index contributed by atoms with van der Waals surface area (Å²) in [6.07, 6.45) is 0.332. The maximum atomic E-state index is 12.5. The number of hydrogen-bond donors (Lipinski definition) is 3. The number of halogens is 1. The highest BCUT2D eigenvalue weighted by Gasteiger charge is 2.17. The van der Waals surface area contributed by atoms with E-state index in [4.69, 9.17) is 16.7 Å². The molecule has 0 bridgehead atoms. The van der Waals surface area contributed by atoms with E-state index in [1.54, 1.807) is 12.1 Å². The van der Waals surface area contributed by atoms with Gasteiger partial charge in [-0.05, 0) is 41.8 Å². The Bertz CT molecular complexity index is 888. The average molecular weight is 389 g/mol. The Labute approximate surface area is 162 Å². The highest BCUT2D eigenvalue weighted by Crippen LogP contribution is 2.24. The Morgan fingerprint density at radius 1 is 1.00 bits per heavy atom. The van der Waals surface area contributed by atoms with Crippen LogP contribution in [-0.4, -0.2) is 22.9 Å². The van der Waals surface area contributed by atoms with Gasteiger partial charge in [0.1, 0.15) is 0 Å². The van der Waals surface area contributed by atoms with Gasteiger partial charge in [0.25, 0.3) is 5.91 Å². The van der Waals surface area contributed by atoms with Gasteiger partial charge in [0.15, 0.2) is 0 Å². The Morgan fingerprint density at radius 2 is 1.67 bits per heavy atom. The summed E-state index contributed by atoms with van der Waals surface area (Å²) in [7, 11) is 0. The van der Waals surface area contributed by atoms with Crippen molar-refractivity contribution in [2.24, 2.45) is 5.41 Å². The molecule has 142 valence electrons. The highest BCUT2D eigenvalue weighted by atomic mass is 35.5. The molecule has 0 saturated carbocycles. The molecule has 3 N–H and O–H groups in total. The molecule has 0 spiro atoms. The summed E-state index contributed by atoms with van der Waals surface area (Å²) < 4.78 is 0. The minimum absolute atomic E-state index is 0.0575. The Morgan fingerprint density at radius 3 is 2.30 bits per heavy atom. The van der Waals surface area contributed by atoms with Gasteiger partial charge in [-0.1, -0.05) is 38.4 Å². The van der Waals surface area contributed by atoms with Crippen LogP contribution in [0, 0.1) is 5.41 Å². The van der Waals surface area contributed by atoms with Crippen LogP contribution in [0.3, 0.4) is 0 Å². The van der Waals surface area contributed by atoms with Crippen LogP contribution in [0.4, 0.5) is 11.4 Å². The van der Waals surface area contributed by atoms with Crippen LogP contribution >= 0.6 is 11.6 Å². The first-order valence-electron chi connectivity index (χ1n) is 8.29. The third-order valence-electron chi connectivity index (χ3n) is 3.55. The first kappa shape index (κ1) is 20.5. The Kier molecular flexibility index (Phi) is 6.23. The Balaban J connectivity index is 2.17. The molecule has 2 amide bonds. The number of carboxylic acid groups (broad SMARTS) is 1. The lowest BCUT2D eigenvalue weighted by atomic mass is 9.92. The van der Waals surface area contributed by atoms with Gasteiger partial charge in [0.05, 0.1) is 16.1 Å². The highest BCUT2D eigenvalue weighted by molar-refractivity contribution is 6.34. The molecule has 0 aliphatic heterocycles. The van der Waals surface area contributed by atoms with E-state index in [-0.39, 0.29) is 27.5 Å². The minimum Gasteiger partial charge on any atom is -0.478 e. The molecule has 7 heteroatoms. The predicted molar refractivity (Wildman–Crippen MR) is 106 cm³/mol. The van der Waals surface area contributed by atoms with Crippen LogP contribution in [0.15, 0.2) is 42.5 Å². The van der Waals surface area contributed by atoms with Crippen molar-refractivity contribution in [1.82, 2.24) is 0 Å². The van der Waals surface area contributed by atoms with E-state index >= 15 is 0 Å². The fourth-order valence-electron chi connectivity index (χ4n) is 2.39. The number of nitrogens with one attached hydrogen (secondary N) is 2. The van der Waals surface area contributed by atoms with Gasteiger partial charge in [0.2, 0.25) is 5.91 Å². The number of benzene rings is 2. The summed E-state index contributed by atoms with van der Waals surface area (Å²) in [5.74, 6) is -1.76. The van der Waals surface area contributed by atoms with E-state index in [2.05, 4.69) is 10.6 Å². The zero-order chi connectivity index (χ0) is 20.2. The Hall–Kier alpha value is -2.86. The quantitative estimate of drug-likeness (QED) is 0.693. The maximum absolute atomic E-state index is 12.5. The van der Waals surface area contributed by atoms with Crippen LogP contribution < -0.4 is 10.6 Å². The van der Waals surface area contributed by atoms with E-state index in [1.165, 1.54) is 30.3 Å². The molecule has 6 nitrogen and oxygen atoms in total. The molecule has 0 saturated heterocycles. The van der Waals surface area contributed by atoms with Crippen molar-refractivity contribution < 1.29 is 19.5 Å². The number of hydrogen-bond acceptors (Lipinski definition) is 3. The molecule has 27 heavy (non-hydrogen) atoms. The molecule has 0 aliphatic carbocycles. The third kappa shape index (κ3) is 6.11. The van der Waals surface area contributed by atoms with Crippen LogP contribution in [0.5, 0.6) is 0 Å². The number of carbonyl (C=O) groups excluding carboxylic acids is 2. The van der Waals surface area contributed by atoms with Crippen LogP contribution in [-0.2, 0) is 4.79 Å². The summed E-state index contributed by atoms with van der Waals surface area (Å²) in [5, 5.41) is 14.6. The maximum Gasteiger partial charge on any atom is 0.335 e. The number of aromatic carboxylic acids is 1. The van der Waals surface area contributed by atoms with E-state index in [0.717, 1.165) is 0 Å². The molecule has 0 aliphatic rings. The number of amides is 2. The van der Waals surface area contributed by atoms with E-state index < -0.39 is 11.9 Å². The first-order valence-corrected chi connectivity index (χ1v) is 8.67. The van der Waals surface area contributed by atoms with Gasteiger partial charge in [-0.15, -0.1) is 0 Å². The molecule has 2 rings (SSSR count). The SMILES string of the molecule is CC(C)(C)CC(=O)Nc1ccc(Cl)c(C(=O)Nc2cccc(C(=O)O)c2)c1. The van der Waals surface area contributed by atoms with E-state index in [9.17, 15) is 14.4 Å². The fourth-order valence-corrected chi connectivity index (χ4v) is 2.60. The van der Waals surface area contributed by atoms with Gasteiger partial charge < -0.3 is 15.7 Å². The molecule has 2 aromatic rings. The number of rotatable bonds is 5. The molecule has 0 atom stereocenters. The molecule has 0 unspecified atom stereocenters. The zero-order valence-corrected chi connectivity index (χ0v) is 16.1. The van der Waals surface area contributed by atoms with Crippen molar-refractivity contribution in [3.05, 3.63) is 58.6 Å². The average Bonchev–Trinajstić information content (AvgIpc) is 2.55. The second-order valence-electron chi connectivity index (χ2n) is 7.32. The summed E-state index contributed by atoms with van der Waals surface area (Å²) in [5.41, 5.74) is 0.857. The molecule has 0 fully saturated rings. The predicted octanol–water partition coefficient (Wildman–Crippen LogP) is 4.67. The standard InChI is InChI=1S/C20H21ClN2O4/c1-20(2,3)11-17(24)22-14-7-8-16(21)15(10-14)18(25)23-13-6-4-5-12(9-13)19(26)27/h4-10H,11H2,1-3H3,(H,22,24)(H,23,25)(H,26,27). The molecule has 0 radical (unpaired) electrons. The number of anilines is 2. The van der Waals surface area contributed by atoms with Crippen LogP contribution in [0.25, 0.3) is 0 Å². The van der Waals surface area contributed by atoms with Crippen LogP contribution in [0.1, 0.15) is 47.9 Å². The zero-order valence-electron chi connectivity index (χ0n) is 15.3.